The maximum absolute atomic E-state index is 11.8. The van der Waals surface area contributed by atoms with Gasteiger partial charge in [0.15, 0.2) is 12.4 Å². The van der Waals surface area contributed by atoms with Gasteiger partial charge in [0.1, 0.15) is 17.1 Å². The van der Waals surface area contributed by atoms with Crippen molar-refractivity contribution in [3.05, 3.63) is 58.4 Å². The lowest BCUT2D eigenvalue weighted by atomic mass is 10.2. The molecule has 2 aromatic rings. The number of carbonyl (C=O) groups is 2. The van der Waals surface area contributed by atoms with Crippen molar-refractivity contribution in [3.63, 3.8) is 0 Å². The van der Waals surface area contributed by atoms with Crippen LogP contribution < -0.4 is 15.6 Å². The number of rotatable bonds is 2. The van der Waals surface area contributed by atoms with Gasteiger partial charge in [-0.1, -0.05) is 0 Å². The van der Waals surface area contributed by atoms with Crippen molar-refractivity contribution in [1.82, 2.24) is 10.9 Å². The number of carbonyl (C=O) groups excluding carboxylic acids is 2. The molecule has 0 bridgehead atoms. The molecule has 0 aliphatic carbocycles. The highest BCUT2D eigenvalue weighted by Crippen LogP contribution is 2.12. The normalized spacial score (nSPS) is 10.1. The number of aromatic nitrogens is 1. The molecule has 0 aromatic carbocycles. The molecular weight excluding hydrogens is 262 g/mol. The molecule has 0 atom stereocenters. The number of pyridine rings is 1. The highest BCUT2D eigenvalue weighted by Gasteiger charge is 2.15. The Hall–Kier alpha value is -2.83. The number of furan rings is 1. The third kappa shape index (κ3) is 2.94. The van der Waals surface area contributed by atoms with Gasteiger partial charge in [-0.25, -0.2) is 0 Å². The van der Waals surface area contributed by atoms with Crippen molar-refractivity contribution in [2.75, 3.05) is 0 Å². The molecule has 0 radical (unpaired) electrons. The number of hydrogen-bond donors (Lipinski definition) is 2. The Bertz CT molecular complexity index is 663. The summed E-state index contributed by atoms with van der Waals surface area (Å²) >= 11 is 0. The van der Waals surface area contributed by atoms with Crippen molar-refractivity contribution in [2.24, 2.45) is 0 Å². The molecule has 20 heavy (non-hydrogen) atoms. The van der Waals surface area contributed by atoms with Gasteiger partial charge in [0, 0.05) is 6.07 Å². The monoisotopic (exact) mass is 275 g/mol. The molecule has 0 unspecified atom stereocenters. The second kappa shape index (κ2) is 5.43. The van der Waals surface area contributed by atoms with E-state index in [0.717, 1.165) is 6.20 Å². The predicted molar refractivity (Wildman–Crippen MR) is 68.5 cm³/mol. The number of nitrogens with zero attached hydrogens (tertiary/aromatic N) is 1. The lowest BCUT2D eigenvalue weighted by Gasteiger charge is -2.06. The summed E-state index contributed by atoms with van der Waals surface area (Å²) < 4.78 is 5.72. The number of amides is 2. The molecule has 2 N–H and O–H groups in total. The zero-order valence-electron chi connectivity index (χ0n) is 11.0. The van der Waals surface area contributed by atoms with Gasteiger partial charge in [-0.3, -0.25) is 20.4 Å². The highest BCUT2D eigenvalue weighted by atomic mass is 16.5. The first-order valence-electron chi connectivity index (χ1n) is 5.84. The van der Waals surface area contributed by atoms with Crippen LogP contribution in [0.25, 0.3) is 0 Å². The van der Waals surface area contributed by atoms with Crippen LogP contribution in [0.4, 0.5) is 0 Å². The molecular formula is C13H13N3O4. The number of hydrazine groups is 1. The van der Waals surface area contributed by atoms with Crippen molar-refractivity contribution in [1.29, 1.82) is 0 Å². The number of nitrogens with one attached hydrogen (secondary N) is 2. The summed E-state index contributed by atoms with van der Waals surface area (Å²) in [7, 11) is 0. The predicted octanol–water partition coefficient (Wildman–Crippen LogP) is 0.605. The van der Waals surface area contributed by atoms with E-state index in [9.17, 15) is 14.8 Å². The van der Waals surface area contributed by atoms with E-state index in [0.29, 0.717) is 21.8 Å². The van der Waals surface area contributed by atoms with Crippen LogP contribution in [-0.2, 0) is 0 Å². The second-order valence-electron chi connectivity index (χ2n) is 4.19. The first-order valence-corrected chi connectivity index (χ1v) is 5.84. The van der Waals surface area contributed by atoms with Gasteiger partial charge in [-0.15, -0.1) is 0 Å². The molecule has 0 fully saturated rings. The van der Waals surface area contributed by atoms with E-state index in [-0.39, 0.29) is 5.56 Å². The van der Waals surface area contributed by atoms with E-state index in [1.165, 1.54) is 18.3 Å². The summed E-state index contributed by atoms with van der Waals surface area (Å²) in [5.74, 6) is 0.000781. The summed E-state index contributed by atoms with van der Waals surface area (Å²) in [5.41, 5.74) is 4.97. The summed E-state index contributed by atoms with van der Waals surface area (Å²) in [6, 6.07) is 4.47. The van der Waals surface area contributed by atoms with Crippen LogP contribution in [0.5, 0.6) is 0 Å². The third-order valence-electron chi connectivity index (χ3n) is 2.61. The molecule has 2 amide bonds. The molecule has 2 rings (SSSR count). The molecule has 0 saturated heterocycles. The summed E-state index contributed by atoms with van der Waals surface area (Å²) in [6.07, 6.45) is 2.36. The Labute approximate surface area is 114 Å². The zero-order valence-corrected chi connectivity index (χ0v) is 11.0. The summed E-state index contributed by atoms with van der Waals surface area (Å²) in [5, 5.41) is 11.0. The fourth-order valence-corrected chi connectivity index (χ4v) is 1.70. The Morgan fingerprint density at radius 2 is 1.95 bits per heavy atom. The SMILES string of the molecule is Cc1cc(C(=O)NNC(=O)c2ccc[n+]([O-])c2)c(C)o1. The molecule has 7 heteroatoms. The van der Waals surface area contributed by atoms with Crippen molar-refractivity contribution >= 4 is 11.8 Å². The van der Waals surface area contributed by atoms with E-state index >= 15 is 0 Å². The van der Waals surface area contributed by atoms with Gasteiger partial charge < -0.3 is 9.62 Å². The molecule has 0 aliphatic heterocycles. The quantitative estimate of drug-likeness (QED) is 0.476. The van der Waals surface area contributed by atoms with E-state index in [2.05, 4.69) is 10.9 Å². The lowest BCUT2D eigenvalue weighted by Crippen LogP contribution is -2.42. The van der Waals surface area contributed by atoms with Crippen LogP contribution in [0.2, 0.25) is 0 Å². The van der Waals surface area contributed by atoms with E-state index in [1.54, 1.807) is 19.9 Å². The van der Waals surface area contributed by atoms with Gasteiger partial charge in [-0.2, -0.15) is 4.73 Å². The Morgan fingerprint density at radius 3 is 2.55 bits per heavy atom. The van der Waals surface area contributed by atoms with Crippen LogP contribution >= 0.6 is 0 Å². The topological polar surface area (TPSA) is 98.3 Å². The maximum Gasteiger partial charge on any atom is 0.275 e. The molecule has 2 heterocycles. The standard InChI is InChI=1S/C13H13N3O4/c1-8-6-11(9(2)20-8)13(18)15-14-12(17)10-4-3-5-16(19)7-10/h3-7H,1-2H3,(H,14,17)(H,15,18). The molecule has 0 saturated carbocycles. The summed E-state index contributed by atoms with van der Waals surface area (Å²) in [4.78, 5) is 23.6. The van der Waals surface area contributed by atoms with Gasteiger partial charge in [-0.05, 0) is 26.0 Å². The average Bonchev–Trinajstić information content (AvgIpc) is 2.74. The molecule has 2 aromatic heterocycles. The zero-order chi connectivity index (χ0) is 14.7. The average molecular weight is 275 g/mol. The van der Waals surface area contributed by atoms with Crippen molar-refractivity contribution < 1.29 is 18.7 Å². The molecule has 104 valence electrons. The van der Waals surface area contributed by atoms with Crippen LogP contribution in [-0.4, -0.2) is 11.8 Å². The van der Waals surface area contributed by atoms with E-state index < -0.39 is 11.8 Å². The molecule has 0 aliphatic rings. The fraction of sp³-hybridized carbons (Fsp3) is 0.154. The number of hydrogen-bond acceptors (Lipinski definition) is 4. The van der Waals surface area contributed by atoms with E-state index in [1.807, 2.05) is 0 Å². The lowest BCUT2D eigenvalue weighted by molar-refractivity contribution is -0.605. The van der Waals surface area contributed by atoms with E-state index in [4.69, 9.17) is 4.42 Å². The highest BCUT2D eigenvalue weighted by molar-refractivity contribution is 5.99. The van der Waals surface area contributed by atoms with Crippen LogP contribution in [0.1, 0.15) is 32.2 Å². The summed E-state index contributed by atoms with van der Waals surface area (Å²) in [6.45, 7) is 3.38. The third-order valence-corrected chi connectivity index (χ3v) is 2.61. The maximum atomic E-state index is 11.8. The van der Waals surface area contributed by atoms with Crippen molar-refractivity contribution in [3.8, 4) is 0 Å². The van der Waals surface area contributed by atoms with Gasteiger partial charge in [0.2, 0.25) is 0 Å². The van der Waals surface area contributed by atoms with Gasteiger partial charge >= 0.3 is 0 Å². The smallest absolute Gasteiger partial charge is 0.275 e. The van der Waals surface area contributed by atoms with Crippen LogP contribution in [0.3, 0.4) is 0 Å². The molecule has 7 nitrogen and oxygen atoms in total. The minimum atomic E-state index is -0.582. The fourth-order valence-electron chi connectivity index (χ4n) is 1.70. The second-order valence-corrected chi connectivity index (χ2v) is 4.19. The largest absolute Gasteiger partial charge is 0.619 e. The van der Waals surface area contributed by atoms with Gasteiger partial charge in [0.25, 0.3) is 11.8 Å². The Balaban J connectivity index is 2.00. The first kappa shape index (κ1) is 13.6. The van der Waals surface area contributed by atoms with Crippen molar-refractivity contribution in [2.45, 2.75) is 13.8 Å². The Kier molecular flexibility index (Phi) is 3.69. The number of aryl methyl sites for hydroxylation is 2. The minimum absolute atomic E-state index is 0.142. The van der Waals surface area contributed by atoms with Gasteiger partial charge in [0.05, 0.1) is 5.56 Å². The van der Waals surface area contributed by atoms with Crippen LogP contribution in [0, 0.1) is 19.1 Å². The van der Waals surface area contributed by atoms with Crippen LogP contribution in [0.15, 0.2) is 35.0 Å². The first-order chi connectivity index (χ1) is 9.47. The Morgan fingerprint density at radius 1 is 1.25 bits per heavy atom. The minimum Gasteiger partial charge on any atom is -0.619 e. The molecule has 0 spiro atoms.